The Labute approximate surface area is 282 Å². The van der Waals surface area contributed by atoms with Gasteiger partial charge < -0.3 is 20.4 Å². The standard InChI is InChI=1S/C38H34N4O5S/c1-2-3-4-5-25-6-8-27(9-7-25)22-40-35(44)28-14-16-29(17-15-28)36-41-31(24-48-36)23-42(32-18-19-34(43)33(20-32)38(46)47)37(45)30-12-10-26(21-39)11-13-30/h6-20,24,43H,2-5,22-23H2,1H3,(H,40,44)(H,46,47). The van der Waals surface area contributed by atoms with E-state index in [1.165, 1.54) is 83.5 Å². The van der Waals surface area contributed by atoms with Crippen molar-refractivity contribution in [2.45, 2.75) is 45.7 Å². The van der Waals surface area contributed by atoms with E-state index in [4.69, 9.17) is 10.2 Å². The molecule has 4 aromatic carbocycles. The average molecular weight is 659 g/mol. The van der Waals surface area contributed by atoms with Gasteiger partial charge in [0.15, 0.2) is 0 Å². The van der Waals surface area contributed by atoms with Gasteiger partial charge in [0.05, 0.1) is 23.9 Å². The molecule has 9 nitrogen and oxygen atoms in total. The Hall–Kier alpha value is -5.79. The van der Waals surface area contributed by atoms with Crippen molar-refractivity contribution in [3.8, 4) is 22.4 Å². The smallest absolute Gasteiger partial charge is 0.339 e. The number of nitrogens with zero attached hydrogens (tertiary/aromatic N) is 3. The third-order valence-corrected chi connectivity index (χ3v) is 8.78. The van der Waals surface area contributed by atoms with Gasteiger partial charge in [-0.05, 0) is 78.6 Å². The monoisotopic (exact) mass is 658 g/mol. The quantitative estimate of drug-likeness (QED) is 0.111. The third kappa shape index (κ3) is 8.32. The summed E-state index contributed by atoms with van der Waals surface area (Å²) in [5.41, 5.74) is 4.81. The molecule has 5 aromatic rings. The Balaban J connectivity index is 1.28. The SMILES string of the molecule is CCCCCc1ccc(CNC(=O)c2ccc(-c3nc(CN(C(=O)c4ccc(C#N)cc4)c4ccc(O)c(C(=O)O)c4)cs3)cc2)cc1. The van der Waals surface area contributed by atoms with Gasteiger partial charge in [-0.25, -0.2) is 9.78 Å². The molecular weight excluding hydrogens is 625 g/mol. The van der Waals surface area contributed by atoms with Crippen LogP contribution in [0.3, 0.4) is 0 Å². The van der Waals surface area contributed by atoms with Crippen LogP contribution in [0.5, 0.6) is 5.75 Å². The molecule has 5 rings (SSSR count). The predicted molar refractivity (Wildman–Crippen MR) is 185 cm³/mol. The van der Waals surface area contributed by atoms with Crippen molar-refractivity contribution in [3.05, 3.63) is 135 Å². The molecule has 0 unspecified atom stereocenters. The minimum atomic E-state index is -1.33. The first-order valence-electron chi connectivity index (χ1n) is 15.5. The molecule has 0 aliphatic rings. The van der Waals surface area contributed by atoms with Crippen LogP contribution >= 0.6 is 11.3 Å². The van der Waals surface area contributed by atoms with Crippen molar-refractivity contribution in [1.29, 1.82) is 5.26 Å². The summed E-state index contributed by atoms with van der Waals surface area (Å²) < 4.78 is 0. The third-order valence-electron chi connectivity index (χ3n) is 7.84. The van der Waals surface area contributed by atoms with Crippen LogP contribution in [-0.4, -0.2) is 33.0 Å². The zero-order chi connectivity index (χ0) is 34.0. The van der Waals surface area contributed by atoms with E-state index in [1.807, 2.05) is 23.6 Å². The second-order valence-electron chi connectivity index (χ2n) is 11.3. The normalized spacial score (nSPS) is 10.7. The number of aromatic hydroxyl groups is 1. The van der Waals surface area contributed by atoms with E-state index in [9.17, 15) is 24.6 Å². The molecular formula is C38H34N4O5S. The highest BCUT2D eigenvalue weighted by molar-refractivity contribution is 7.13. The minimum Gasteiger partial charge on any atom is -0.507 e. The van der Waals surface area contributed by atoms with Gasteiger partial charge in [-0.1, -0.05) is 56.2 Å². The van der Waals surface area contributed by atoms with Crippen LogP contribution in [0.2, 0.25) is 0 Å². The number of carboxylic acids is 1. The number of rotatable bonds is 13. The minimum absolute atomic E-state index is 0.0133. The zero-order valence-corrected chi connectivity index (χ0v) is 27.2. The number of aromatic carboxylic acids is 1. The summed E-state index contributed by atoms with van der Waals surface area (Å²) in [6, 6.07) is 27.5. The van der Waals surface area contributed by atoms with Crippen molar-refractivity contribution in [1.82, 2.24) is 10.3 Å². The van der Waals surface area contributed by atoms with E-state index in [-0.39, 0.29) is 23.7 Å². The Kier molecular flexibility index (Phi) is 11.0. The Morgan fingerprint density at radius 3 is 2.25 bits per heavy atom. The van der Waals surface area contributed by atoms with Crippen molar-refractivity contribution in [2.75, 3.05) is 4.90 Å². The molecule has 0 bridgehead atoms. The highest BCUT2D eigenvalue weighted by Gasteiger charge is 2.22. The number of aryl methyl sites for hydroxylation is 1. The van der Waals surface area contributed by atoms with E-state index >= 15 is 0 Å². The highest BCUT2D eigenvalue weighted by atomic mass is 32.1. The Morgan fingerprint density at radius 1 is 0.896 bits per heavy atom. The van der Waals surface area contributed by atoms with Crippen molar-refractivity contribution in [2.24, 2.45) is 0 Å². The number of phenols is 1. The van der Waals surface area contributed by atoms with Gasteiger partial charge in [0, 0.05) is 34.3 Å². The van der Waals surface area contributed by atoms with E-state index in [1.54, 1.807) is 12.1 Å². The van der Waals surface area contributed by atoms with Gasteiger partial charge in [-0.3, -0.25) is 9.59 Å². The Morgan fingerprint density at radius 2 is 1.58 bits per heavy atom. The van der Waals surface area contributed by atoms with Crippen LogP contribution in [0, 0.1) is 11.3 Å². The molecule has 0 spiro atoms. The number of amides is 2. The first-order valence-corrected chi connectivity index (χ1v) is 16.4. The zero-order valence-electron chi connectivity index (χ0n) is 26.3. The van der Waals surface area contributed by atoms with E-state index in [2.05, 4.69) is 36.5 Å². The first-order chi connectivity index (χ1) is 23.2. The molecule has 1 heterocycles. The lowest BCUT2D eigenvalue weighted by molar-refractivity contribution is 0.0693. The number of unbranched alkanes of at least 4 members (excludes halogenated alkanes) is 2. The van der Waals surface area contributed by atoms with Gasteiger partial charge in [0.1, 0.15) is 16.3 Å². The van der Waals surface area contributed by atoms with Gasteiger partial charge in [0.25, 0.3) is 11.8 Å². The van der Waals surface area contributed by atoms with Gasteiger partial charge in [0.2, 0.25) is 0 Å². The van der Waals surface area contributed by atoms with Crippen LogP contribution < -0.4 is 10.2 Å². The number of hydrogen-bond acceptors (Lipinski definition) is 7. The molecule has 0 aliphatic carbocycles. The maximum atomic E-state index is 13.7. The summed E-state index contributed by atoms with van der Waals surface area (Å²) in [4.78, 5) is 44.3. The van der Waals surface area contributed by atoms with Gasteiger partial charge in [-0.2, -0.15) is 5.26 Å². The maximum absolute atomic E-state index is 13.7. The molecule has 0 saturated heterocycles. The summed E-state index contributed by atoms with van der Waals surface area (Å²) in [5, 5.41) is 34.2. The Bertz CT molecular complexity index is 1950. The summed E-state index contributed by atoms with van der Waals surface area (Å²) in [6.45, 7) is 2.63. The van der Waals surface area contributed by atoms with Gasteiger partial charge >= 0.3 is 5.97 Å². The maximum Gasteiger partial charge on any atom is 0.339 e. The number of hydrogen-bond donors (Lipinski definition) is 3. The predicted octanol–water partition coefficient (Wildman–Crippen LogP) is 7.60. The van der Waals surface area contributed by atoms with Crippen molar-refractivity contribution in [3.63, 3.8) is 0 Å². The number of thiazole rings is 1. The molecule has 0 atom stereocenters. The second-order valence-corrected chi connectivity index (χ2v) is 12.1. The fourth-order valence-electron chi connectivity index (χ4n) is 5.11. The lowest BCUT2D eigenvalue weighted by Crippen LogP contribution is -2.30. The van der Waals surface area contributed by atoms with E-state index in [0.717, 1.165) is 17.5 Å². The summed E-state index contributed by atoms with van der Waals surface area (Å²) in [7, 11) is 0. The highest BCUT2D eigenvalue weighted by Crippen LogP contribution is 2.29. The second kappa shape index (κ2) is 15.7. The molecule has 3 N–H and O–H groups in total. The van der Waals surface area contributed by atoms with Crippen molar-refractivity contribution >= 4 is 34.8 Å². The number of nitriles is 1. The number of aromatic nitrogens is 1. The largest absolute Gasteiger partial charge is 0.507 e. The molecule has 1 aromatic heterocycles. The summed E-state index contributed by atoms with van der Waals surface area (Å²) >= 11 is 1.37. The number of carboxylic acid groups (broad SMARTS) is 1. The van der Waals surface area contributed by atoms with Crippen LogP contribution in [0.15, 0.2) is 96.4 Å². The fraction of sp³-hybridized carbons (Fsp3) is 0.184. The topological polar surface area (TPSA) is 144 Å². The molecule has 0 radical (unpaired) electrons. The van der Waals surface area contributed by atoms with Crippen LogP contribution in [-0.2, 0) is 19.5 Å². The number of benzene rings is 4. The molecule has 0 aliphatic heterocycles. The van der Waals surface area contributed by atoms with Crippen LogP contribution in [0.4, 0.5) is 5.69 Å². The van der Waals surface area contributed by atoms with Crippen molar-refractivity contribution < 1.29 is 24.6 Å². The molecule has 0 saturated carbocycles. The molecule has 48 heavy (non-hydrogen) atoms. The lowest BCUT2D eigenvalue weighted by Gasteiger charge is -2.23. The average Bonchev–Trinajstić information content (AvgIpc) is 3.59. The molecule has 10 heteroatoms. The lowest BCUT2D eigenvalue weighted by atomic mass is 10.1. The number of nitrogens with one attached hydrogen (secondary N) is 1. The fourth-order valence-corrected chi connectivity index (χ4v) is 5.93. The molecule has 242 valence electrons. The van der Waals surface area contributed by atoms with Crippen LogP contribution in [0.25, 0.3) is 10.6 Å². The van der Waals surface area contributed by atoms with E-state index in [0.29, 0.717) is 33.9 Å². The number of carbonyl (C=O) groups excluding carboxylic acids is 2. The summed E-state index contributed by atoms with van der Waals surface area (Å²) in [5.74, 6) is -2.37. The van der Waals surface area contributed by atoms with Gasteiger partial charge in [-0.15, -0.1) is 11.3 Å². The number of carbonyl (C=O) groups is 3. The first kappa shape index (κ1) is 33.6. The summed E-state index contributed by atoms with van der Waals surface area (Å²) in [6.07, 6.45) is 4.66. The molecule has 0 fully saturated rings. The number of anilines is 1. The van der Waals surface area contributed by atoms with E-state index < -0.39 is 17.6 Å². The molecule has 2 amide bonds. The van der Waals surface area contributed by atoms with Crippen LogP contribution in [0.1, 0.15) is 79.6 Å².